The first kappa shape index (κ1) is 23.0. The van der Waals surface area contributed by atoms with Gasteiger partial charge in [-0.15, -0.1) is 13.2 Å². The number of para-hydroxylation sites is 1. The Morgan fingerprint density at radius 1 is 1.03 bits per heavy atom. The molecule has 3 aromatic rings. The van der Waals surface area contributed by atoms with Crippen LogP contribution < -0.4 is 10.1 Å². The van der Waals surface area contributed by atoms with E-state index in [1.807, 2.05) is 0 Å². The zero-order chi connectivity index (χ0) is 23.2. The fraction of sp³-hybridized carbons (Fsp3) is 0.0909. The van der Waals surface area contributed by atoms with Crippen molar-refractivity contribution in [2.45, 2.75) is 22.7 Å². The number of ether oxygens (including phenoxy) is 1. The number of nitrogens with zero attached hydrogens (tertiary/aromatic N) is 1. The first-order valence-electron chi connectivity index (χ1n) is 9.20. The van der Waals surface area contributed by atoms with E-state index in [-0.39, 0.29) is 17.3 Å². The number of benzene rings is 2. The molecule has 0 unspecified atom stereocenters. The number of carbonyl (C=O) groups is 1. The molecule has 0 aliphatic heterocycles. The Morgan fingerprint density at radius 2 is 1.75 bits per heavy atom. The largest absolute Gasteiger partial charge is 0.573 e. The van der Waals surface area contributed by atoms with E-state index in [9.17, 15) is 26.4 Å². The van der Waals surface area contributed by atoms with Gasteiger partial charge in [-0.05, 0) is 47.5 Å². The van der Waals surface area contributed by atoms with Crippen LogP contribution in [0.4, 0.5) is 13.2 Å². The highest BCUT2D eigenvalue weighted by Gasteiger charge is 2.34. The van der Waals surface area contributed by atoms with Crippen LogP contribution in [0.3, 0.4) is 0 Å². The lowest BCUT2D eigenvalue weighted by atomic mass is 10.2. The predicted octanol–water partition coefficient (Wildman–Crippen LogP) is 4.14. The summed E-state index contributed by atoms with van der Waals surface area (Å²) in [4.78, 5) is 15.1. The summed E-state index contributed by atoms with van der Waals surface area (Å²) in [5, 5.41) is 2.65. The maximum atomic E-state index is 12.8. The van der Waals surface area contributed by atoms with E-state index in [0.717, 1.165) is 17.7 Å². The highest BCUT2D eigenvalue weighted by atomic mass is 32.2. The molecule has 0 fully saturated rings. The third-order valence-electron chi connectivity index (χ3n) is 4.18. The minimum absolute atomic E-state index is 0.129. The molecular formula is C22H17F3N2O4S. The van der Waals surface area contributed by atoms with E-state index >= 15 is 0 Å². The van der Waals surface area contributed by atoms with Gasteiger partial charge in [-0.3, -0.25) is 9.78 Å². The molecule has 10 heteroatoms. The molecule has 1 heterocycles. The number of amides is 1. The molecule has 0 atom stereocenters. The highest BCUT2D eigenvalue weighted by Crippen LogP contribution is 2.33. The molecule has 0 radical (unpaired) electrons. The van der Waals surface area contributed by atoms with Gasteiger partial charge in [0.1, 0.15) is 10.6 Å². The molecule has 1 aromatic heterocycles. The van der Waals surface area contributed by atoms with Gasteiger partial charge >= 0.3 is 6.36 Å². The predicted molar refractivity (Wildman–Crippen MR) is 110 cm³/mol. The van der Waals surface area contributed by atoms with E-state index in [0.29, 0.717) is 5.56 Å². The summed E-state index contributed by atoms with van der Waals surface area (Å²) in [5.41, 5.74) is 1.36. The molecule has 0 bridgehead atoms. The SMILES string of the molecule is O=C(/C=C/c1cccnc1)NCc1ccc(S(=O)(=O)c2ccccc2OC(F)(F)F)cc1. The van der Waals surface area contributed by atoms with Crippen molar-refractivity contribution < 1.29 is 31.1 Å². The molecule has 1 amide bonds. The van der Waals surface area contributed by atoms with Crippen LogP contribution in [0, 0.1) is 0 Å². The van der Waals surface area contributed by atoms with Gasteiger partial charge in [0.25, 0.3) is 0 Å². The van der Waals surface area contributed by atoms with E-state index < -0.39 is 26.8 Å². The molecule has 6 nitrogen and oxygen atoms in total. The van der Waals surface area contributed by atoms with Crippen molar-refractivity contribution in [2.24, 2.45) is 0 Å². The third kappa shape index (κ3) is 6.17. The Hall–Kier alpha value is -3.66. The van der Waals surface area contributed by atoms with Crippen molar-refractivity contribution in [3.63, 3.8) is 0 Å². The van der Waals surface area contributed by atoms with Gasteiger partial charge in [-0.25, -0.2) is 8.42 Å². The van der Waals surface area contributed by atoms with Gasteiger partial charge in [-0.2, -0.15) is 0 Å². The first-order chi connectivity index (χ1) is 15.1. The Balaban J connectivity index is 1.69. The van der Waals surface area contributed by atoms with Crippen molar-refractivity contribution in [2.75, 3.05) is 0 Å². The average molecular weight is 462 g/mol. The summed E-state index contributed by atoms with van der Waals surface area (Å²) < 4.78 is 67.3. The zero-order valence-corrected chi connectivity index (χ0v) is 17.2. The minimum atomic E-state index is -5.03. The fourth-order valence-corrected chi connectivity index (χ4v) is 4.07. The van der Waals surface area contributed by atoms with E-state index in [1.165, 1.54) is 42.5 Å². The Kier molecular flexibility index (Phi) is 6.94. The van der Waals surface area contributed by atoms with Crippen molar-refractivity contribution in [1.82, 2.24) is 10.3 Å². The Bertz CT molecular complexity index is 1210. The van der Waals surface area contributed by atoms with Crippen LogP contribution in [0.15, 0.2) is 88.9 Å². The number of alkyl halides is 3. The van der Waals surface area contributed by atoms with Gasteiger partial charge in [0.05, 0.1) is 4.90 Å². The molecule has 0 saturated carbocycles. The number of pyridine rings is 1. The Morgan fingerprint density at radius 3 is 2.41 bits per heavy atom. The second kappa shape index (κ2) is 9.65. The molecule has 166 valence electrons. The smallest absolute Gasteiger partial charge is 0.404 e. The number of aromatic nitrogens is 1. The number of halogens is 3. The summed E-state index contributed by atoms with van der Waals surface area (Å²) in [5.74, 6) is -1.17. The van der Waals surface area contributed by atoms with Crippen molar-refractivity contribution in [1.29, 1.82) is 0 Å². The van der Waals surface area contributed by atoms with Crippen LogP contribution in [0.5, 0.6) is 5.75 Å². The second-order valence-corrected chi connectivity index (χ2v) is 8.40. The van der Waals surface area contributed by atoms with Crippen LogP contribution in [-0.2, 0) is 21.2 Å². The topological polar surface area (TPSA) is 85.4 Å². The molecular weight excluding hydrogens is 445 g/mol. The third-order valence-corrected chi connectivity index (χ3v) is 5.99. The number of sulfone groups is 1. The summed E-state index contributed by atoms with van der Waals surface area (Å²) in [7, 11) is -4.26. The van der Waals surface area contributed by atoms with Crippen LogP contribution in [0.25, 0.3) is 6.08 Å². The molecule has 0 spiro atoms. The maximum Gasteiger partial charge on any atom is 0.573 e. The molecule has 0 aliphatic carbocycles. The second-order valence-electron chi connectivity index (χ2n) is 6.48. The molecule has 2 aromatic carbocycles. The van der Waals surface area contributed by atoms with Crippen LogP contribution in [0.2, 0.25) is 0 Å². The van der Waals surface area contributed by atoms with Gasteiger partial charge < -0.3 is 10.1 Å². The van der Waals surface area contributed by atoms with Crippen molar-refractivity contribution in [3.05, 3.63) is 90.3 Å². The lowest BCUT2D eigenvalue weighted by molar-refractivity contribution is -0.275. The van der Waals surface area contributed by atoms with Crippen LogP contribution >= 0.6 is 0 Å². The van der Waals surface area contributed by atoms with Gasteiger partial charge in [-0.1, -0.05) is 30.3 Å². The molecule has 1 N–H and O–H groups in total. The highest BCUT2D eigenvalue weighted by molar-refractivity contribution is 7.91. The first-order valence-corrected chi connectivity index (χ1v) is 10.7. The normalized spacial score (nSPS) is 12.0. The number of hydrogen-bond acceptors (Lipinski definition) is 5. The summed E-state index contributed by atoms with van der Waals surface area (Å²) in [6.45, 7) is 0.129. The fourth-order valence-electron chi connectivity index (χ4n) is 2.69. The lowest BCUT2D eigenvalue weighted by Crippen LogP contribution is -2.20. The van der Waals surface area contributed by atoms with Crippen LogP contribution in [-0.4, -0.2) is 25.7 Å². The molecule has 3 rings (SSSR count). The summed E-state index contributed by atoms with van der Waals surface area (Å²) in [6, 6.07) is 13.5. The van der Waals surface area contributed by atoms with E-state index in [1.54, 1.807) is 30.6 Å². The average Bonchev–Trinajstić information content (AvgIpc) is 2.76. The Labute approximate surface area is 182 Å². The monoisotopic (exact) mass is 462 g/mol. The number of carbonyl (C=O) groups excluding carboxylic acids is 1. The van der Waals surface area contributed by atoms with Crippen molar-refractivity contribution >= 4 is 21.8 Å². The standard InChI is InChI=1S/C22H17F3N2O4S/c23-22(24,25)31-19-5-1-2-6-20(19)32(29,30)18-10-7-17(8-11-18)15-27-21(28)12-9-16-4-3-13-26-14-16/h1-14H,15H2,(H,27,28)/b12-9+. The lowest BCUT2D eigenvalue weighted by Gasteiger charge is -2.13. The zero-order valence-electron chi connectivity index (χ0n) is 16.4. The number of rotatable bonds is 7. The summed E-state index contributed by atoms with van der Waals surface area (Å²) >= 11 is 0. The van der Waals surface area contributed by atoms with E-state index in [2.05, 4.69) is 15.0 Å². The molecule has 0 aliphatic rings. The number of nitrogens with one attached hydrogen (secondary N) is 1. The number of hydrogen-bond donors (Lipinski definition) is 1. The minimum Gasteiger partial charge on any atom is -0.404 e. The summed E-state index contributed by atoms with van der Waals surface area (Å²) in [6.07, 6.45) is 1.12. The van der Waals surface area contributed by atoms with Gasteiger partial charge in [0.2, 0.25) is 15.7 Å². The molecule has 32 heavy (non-hydrogen) atoms. The van der Waals surface area contributed by atoms with E-state index in [4.69, 9.17) is 0 Å². The van der Waals surface area contributed by atoms with Gasteiger partial charge in [0.15, 0.2) is 0 Å². The quantitative estimate of drug-likeness (QED) is 0.534. The molecule has 0 saturated heterocycles. The van der Waals surface area contributed by atoms with Crippen LogP contribution in [0.1, 0.15) is 11.1 Å². The van der Waals surface area contributed by atoms with Crippen molar-refractivity contribution in [3.8, 4) is 5.75 Å². The van der Waals surface area contributed by atoms with Gasteiger partial charge in [0, 0.05) is 25.0 Å². The maximum absolute atomic E-state index is 12.8.